The van der Waals surface area contributed by atoms with Gasteiger partial charge in [-0.1, -0.05) is 40.6 Å². The van der Waals surface area contributed by atoms with E-state index < -0.39 is 15.5 Å². The first kappa shape index (κ1) is 19.2. The van der Waals surface area contributed by atoms with Crippen LogP contribution in [0.2, 0.25) is 5.02 Å². The summed E-state index contributed by atoms with van der Waals surface area (Å²) in [7, 11) is -1.21. The lowest BCUT2D eigenvalue weighted by atomic mass is 10.3. The normalized spacial score (nSPS) is 22.3. The van der Waals surface area contributed by atoms with Gasteiger partial charge in [-0.25, -0.2) is 4.99 Å². The Morgan fingerprint density at radius 1 is 1.08 bits per heavy atom. The second-order valence-corrected chi connectivity index (χ2v) is 10.4. The third kappa shape index (κ3) is 4.59. The highest BCUT2D eigenvalue weighted by Gasteiger charge is 2.32. The zero-order chi connectivity index (χ0) is 18.0. The Kier molecular flexibility index (Phi) is 6.13. The molecule has 10 heteroatoms. The van der Waals surface area contributed by atoms with Crippen LogP contribution < -0.4 is 4.18 Å². The molecule has 2 atom stereocenters. The molecule has 0 N–H and O–H groups in total. The summed E-state index contributed by atoms with van der Waals surface area (Å²) < 4.78 is 29.5. The molecule has 1 heterocycles. The summed E-state index contributed by atoms with van der Waals surface area (Å²) in [5.74, 6) is 0.223. The van der Waals surface area contributed by atoms with Crippen molar-refractivity contribution in [3.63, 3.8) is 0 Å². The van der Waals surface area contributed by atoms with Crippen molar-refractivity contribution >= 4 is 77.2 Å². The minimum atomic E-state index is -3.99. The smallest absolute Gasteiger partial charge is 0.339 e. The fourth-order valence-electron chi connectivity index (χ4n) is 1.89. The SMILES string of the molecule is O=S(=O)(Oc1ccccc1)c1ccc(/N=C2\SSC(Cl)C2Cl)c(Cl)c1. The van der Waals surface area contributed by atoms with Gasteiger partial charge in [-0.2, -0.15) is 8.42 Å². The Morgan fingerprint density at radius 3 is 2.40 bits per heavy atom. The summed E-state index contributed by atoms with van der Waals surface area (Å²) in [4.78, 5) is 4.31. The minimum Gasteiger partial charge on any atom is -0.379 e. The number of benzene rings is 2. The van der Waals surface area contributed by atoms with E-state index in [1.165, 1.54) is 39.8 Å². The molecular formula is C15H10Cl3NO3S3. The van der Waals surface area contributed by atoms with E-state index in [1.54, 1.807) is 30.3 Å². The standard InChI is InChI=1S/C15H10Cl3NO3S3/c16-11-8-10(25(20,21)22-9-4-2-1-3-5-9)6-7-12(11)19-15-13(17)14(18)23-24-15/h1-8,13-14H/b19-15-. The predicted molar refractivity (Wildman–Crippen MR) is 107 cm³/mol. The van der Waals surface area contributed by atoms with Gasteiger partial charge < -0.3 is 4.18 Å². The van der Waals surface area contributed by atoms with Crippen molar-refractivity contribution < 1.29 is 12.6 Å². The van der Waals surface area contributed by atoms with Crippen molar-refractivity contribution in [1.82, 2.24) is 0 Å². The van der Waals surface area contributed by atoms with E-state index in [0.717, 1.165) is 0 Å². The van der Waals surface area contributed by atoms with Crippen LogP contribution in [0.4, 0.5) is 5.69 Å². The molecule has 1 aliphatic rings. The Labute approximate surface area is 168 Å². The second kappa shape index (κ2) is 7.98. The number of rotatable bonds is 4. The van der Waals surface area contributed by atoms with Crippen LogP contribution in [0, 0.1) is 0 Å². The Hall–Kier alpha value is -0.570. The van der Waals surface area contributed by atoms with Crippen LogP contribution in [0.5, 0.6) is 5.75 Å². The Bertz CT molecular complexity index is 907. The molecule has 0 saturated carbocycles. The van der Waals surface area contributed by atoms with Crippen molar-refractivity contribution in [2.24, 2.45) is 4.99 Å². The van der Waals surface area contributed by atoms with E-state index in [1.807, 2.05) is 0 Å². The number of hydrogen-bond acceptors (Lipinski definition) is 6. The third-order valence-electron chi connectivity index (χ3n) is 3.08. The van der Waals surface area contributed by atoms with Crippen LogP contribution in [0.3, 0.4) is 0 Å². The highest BCUT2D eigenvalue weighted by molar-refractivity contribution is 8.83. The highest BCUT2D eigenvalue weighted by Crippen LogP contribution is 2.46. The van der Waals surface area contributed by atoms with E-state index in [0.29, 0.717) is 10.7 Å². The maximum absolute atomic E-state index is 12.3. The number of aliphatic imine (C=N–C) groups is 1. The molecule has 0 radical (unpaired) electrons. The van der Waals surface area contributed by atoms with Gasteiger partial charge >= 0.3 is 10.1 Å². The van der Waals surface area contributed by atoms with Gasteiger partial charge in [0.25, 0.3) is 0 Å². The van der Waals surface area contributed by atoms with Gasteiger partial charge in [0.15, 0.2) is 0 Å². The molecule has 2 aromatic carbocycles. The van der Waals surface area contributed by atoms with Gasteiger partial charge in [-0.05, 0) is 41.1 Å². The molecule has 0 aliphatic carbocycles. The van der Waals surface area contributed by atoms with Crippen LogP contribution in [0.25, 0.3) is 0 Å². The van der Waals surface area contributed by atoms with Crippen LogP contribution in [0.1, 0.15) is 0 Å². The average molecular weight is 455 g/mol. The molecule has 1 aliphatic heterocycles. The van der Waals surface area contributed by atoms with Crippen molar-refractivity contribution in [3.8, 4) is 5.75 Å². The summed E-state index contributed by atoms with van der Waals surface area (Å²) >= 11 is 18.4. The zero-order valence-corrected chi connectivity index (χ0v) is 17.0. The minimum absolute atomic E-state index is 0.0589. The molecule has 4 nitrogen and oxygen atoms in total. The Morgan fingerprint density at radius 2 is 1.80 bits per heavy atom. The van der Waals surface area contributed by atoms with E-state index in [-0.39, 0.29) is 20.4 Å². The molecule has 2 aromatic rings. The zero-order valence-electron chi connectivity index (χ0n) is 12.3. The maximum Gasteiger partial charge on any atom is 0.339 e. The fourth-order valence-corrected chi connectivity index (χ4v) is 6.52. The molecule has 132 valence electrons. The fraction of sp³-hybridized carbons (Fsp3) is 0.133. The first-order valence-electron chi connectivity index (χ1n) is 6.86. The molecule has 0 amide bonds. The number of halogens is 3. The monoisotopic (exact) mass is 453 g/mol. The van der Waals surface area contributed by atoms with Crippen LogP contribution in [-0.2, 0) is 10.1 Å². The van der Waals surface area contributed by atoms with Gasteiger partial charge in [-0.15, -0.1) is 23.2 Å². The van der Waals surface area contributed by atoms with E-state index >= 15 is 0 Å². The number of nitrogens with zero attached hydrogens (tertiary/aromatic N) is 1. The van der Waals surface area contributed by atoms with Crippen molar-refractivity contribution in [3.05, 3.63) is 53.6 Å². The maximum atomic E-state index is 12.3. The van der Waals surface area contributed by atoms with Crippen LogP contribution in [0.15, 0.2) is 58.4 Å². The predicted octanol–water partition coefficient (Wildman–Crippen LogP) is 5.71. The van der Waals surface area contributed by atoms with Crippen molar-refractivity contribution in [1.29, 1.82) is 0 Å². The van der Waals surface area contributed by atoms with Crippen LogP contribution >= 0.6 is 56.4 Å². The molecule has 3 rings (SSSR count). The molecule has 0 spiro atoms. The van der Waals surface area contributed by atoms with E-state index in [9.17, 15) is 8.42 Å². The average Bonchev–Trinajstić information content (AvgIpc) is 2.89. The lowest BCUT2D eigenvalue weighted by Crippen LogP contribution is -2.12. The summed E-state index contributed by atoms with van der Waals surface area (Å²) in [6, 6.07) is 12.4. The largest absolute Gasteiger partial charge is 0.379 e. The van der Waals surface area contributed by atoms with Gasteiger partial charge in [0.1, 0.15) is 25.8 Å². The summed E-state index contributed by atoms with van der Waals surface area (Å²) in [6.07, 6.45) is 0. The lowest BCUT2D eigenvalue weighted by molar-refractivity contribution is 0.486. The number of para-hydroxylation sites is 1. The van der Waals surface area contributed by atoms with Gasteiger partial charge in [0.05, 0.1) is 10.7 Å². The number of hydrogen-bond donors (Lipinski definition) is 0. The highest BCUT2D eigenvalue weighted by atomic mass is 35.5. The lowest BCUT2D eigenvalue weighted by Gasteiger charge is -2.08. The Balaban J connectivity index is 1.86. The van der Waals surface area contributed by atoms with E-state index in [2.05, 4.69) is 4.99 Å². The van der Waals surface area contributed by atoms with Gasteiger partial charge in [0.2, 0.25) is 0 Å². The molecule has 1 fully saturated rings. The van der Waals surface area contributed by atoms with Crippen LogP contribution in [-0.4, -0.2) is 23.5 Å². The second-order valence-electron chi connectivity index (χ2n) is 4.85. The first-order chi connectivity index (χ1) is 11.9. The molecule has 1 saturated heterocycles. The number of alkyl halides is 2. The molecule has 25 heavy (non-hydrogen) atoms. The first-order valence-corrected chi connectivity index (χ1v) is 11.7. The molecule has 0 bridgehead atoms. The summed E-state index contributed by atoms with van der Waals surface area (Å²) in [5, 5.41) is 0.389. The molecule has 0 aromatic heterocycles. The quantitative estimate of drug-likeness (QED) is 0.337. The molecule has 2 unspecified atom stereocenters. The van der Waals surface area contributed by atoms with Crippen molar-refractivity contribution in [2.75, 3.05) is 0 Å². The summed E-state index contributed by atoms with van der Waals surface area (Å²) in [5.41, 5.74) is 0.417. The molecular weight excluding hydrogens is 445 g/mol. The van der Waals surface area contributed by atoms with Gasteiger partial charge in [0, 0.05) is 0 Å². The van der Waals surface area contributed by atoms with E-state index in [4.69, 9.17) is 39.0 Å². The third-order valence-corrected chi connectivity index (χ3v) is 8.82. The van der Waals surface area contributed by atoms with Gasteiger partial charge in [-0.3, -0.25) is 0 Å². The van der Waals surface area contributed by atoms with Crippen molar-refractivity contribution in [2.45, 2.75) is 15.0 Å². The summed E-state index contributed by atoms with van der Waals surface area (Å²) in [6.45, 7) is 0. The topological polar surface area (TPSA) is 55.7 Å².